The number of rotatable bonds is 2. The van der Waals surface area contributed by atoms with Crippen LogP contribution >= 0.6 is 0 Å². The van der Waals surface area contributed by atoms with Crippen LogP contribution in [-0.2, 0) is 0 Å². The number of likely N-dealkylation sites (N-methyl/N-ethyl adjacent to an activating group) is 1. The normalized spacial score (nSPS) is 15.6. The summed E-state index contributed by atoms with van der Waals surface area (Å²) in [6.45, 7) is 3.17. The van der Waals surface area contributed by atoms with Crippen molar-refractivity contribution in [1.82, 2.24) is 14.8 Å². The predicted octanol–water partition coefficient (Wildman–Crippen LogP) is 1.74. The third kappa shape index (κ3) is 3.07. The average molecular weight is 314 g/mol. The van der Waals surface area contributed by atoms with Gasteiger partial charge in [-0.05, 0) is 13.1 Å². The number of nitrogens with zero attached hydrogens (tertiary/aromatic N) is 4. The van der Waals surface area contributed by atoms with E-state index in [9.17, 15) is 10.1 Å². The molecule has 3 rings (SSSR count). The van der Waals surface area contributed by atoms with Crippen LogP contribution in [0, 0.1) is 15.5 Å². The lowest BCUT2D eigenvalue weighted by molar-refractivity contribution is -0.384. The maximum atomic E-state index is 11.3. The van der Waals surface area contributed by atoms with E-state index in [4.69, 9.17) is 5.41 Å². The number of hydrogen-bond donors (Lipinski definition) is 2. The van der Waals surface area contributed by atoms with Gasteiger partial charge in [-0.3, -0.25) is 15.5 Å². The highest BCUT2D eigenvalue weighted by Crippen LogP contribution is 2.31. The zero-order valence-corrected chi connectivity index (χ0v) is 12.8. The Morgan fingerprint density at radius 3 is 2.70 bits per heavy atom. The molecule has 1 fully saturated rings. The molecule has 0 amide bonds. The van der Waals surface area contributed by atoms with Crippen LogP contribution in [0.4, 0.5) is 11.4 Å². The number of nitrogens with one attached hydrogen (secondary N) is 2. The molecule has 8 nitrogen and oxygen atoms in total. The fraction of sp³-hybridized carbons (Fsp3) is 0.333. The Bertz CT molecular complexity index is 755. The molecule has 0 unspecified atom stereocenters. The maximum Gasteiger partial charge on any atom is 0.311 e. The Labute approximate surface area is 133 Å². The van der Waals surface area contributed by atoms with Crippen molar-refractivity contribution in [3.63, 3.8) is 0 Å². The molecule has 1 saturated heterocycles. The Hall–Kier alpha value is -2.74. The summed E-state index contributed by atoms with van der Waals surface area (Å²) < 4.78 is 0. The average Bonchev–Trinajstić information content (AvgIpc) is 2.55. The van der Waals surface area contributed by atoms with Gasteiger partial charge in [0, 0.05) is 31.6 Å². The number of fused-ring (bicyclic) bond motifs is 1. The fourth-order valence-electron chi connectivity index (χ4n) is 2.63. The van der Waals surface area contributed by atoms with Crippen molar-refractivity contribution in [2.45, 2.75) is 0 Å². The minimum atomic E-state index is -0.473. The Kier molecular flexibility index (Phi) is 4.07. The summed E-state index contributed by atoms with van der Waals surface area (Å²) in [5, 5.41) is 23.1. The van der Waals surface area contributed by atoms with Crippen LogP contribution in [0.15, 0.2) is 30.5 Å². The quantitative estimate of drug-likeness (QED) is 0.379. The first-order valence-electron chi connectivity index (χ1n) is 7.37. The van der Waals surface area contributed by atoms with E-state index in [0.717, 1.165) is 26.2 Å². The number of anilines is 1. The van der Waals surface area contributed by atoms with E-state index >= 15 is 0 Å². The Morgan fingerprint density at radius 1 is 1.30 bits per heavy atom. The number of hydrogen-bond acceptors (Lipinski definition) is 5. The van der Waals surface area contributed by atoms with Crippen LogP contribution in [-0.4, -0.2) is 58.9 Å². The highest BCUT2D eigenvalue weighted by atomic mass is 16.6. The molecule has 1 aliphatic rings. The molecule has 1 aromatic heterocycles. The molecule has 0 spiro atoms. The van der Waals surface area contributed by atoms with E-state index in [0.29, 0.717) is 16.6 Å². The highest BCUT2D eigenvalue weighted by Gasteiger charge is 2.22. The van der Waals surface area contributed by atoms with Crippen molar-refractivity contribution >= 4 is 28.2 Å². The molecular formula is C15H18N6O2. The number of nitro groups is 1. The fourth-order valence-corrected chi connectivity index (χ4v) is 2.63. The highest BCUT2D eigenvalue weighted by molar-refractivity contribution is 6.04. The van der Waals surface area contributed by atoms with Gasteiger partial charge in [0.15, 0.2) is 5.96 Å². The smallest absolute Gasteiger partial charge is 0.311 e. The van der Waals surface area contributed by atoms with Crippen molar-refractivity contribution in [2.75, 3.05) is 38.5 Å². The summed E-state index contributed by atoms with van der Waals surface area (Å²) in [7, 11) is 2.04. The minimum Gasteiger partial charge on any atom is -0.340 e. The lowest BCUT2D eigenvalue weighted by atomic mass is 10.1. The summed E-state index contributed by atoms with van der Waals surface area (Å²) in [6.07, 6.45) is 1.24. The zero-order chi connectivity index (χ0) is 16.4. The van der Waals surface area contributed by atoms with Gasteiger partial charge < -0.3 is 15.1 Å². The second kappa shape index (κ2) is 6.17. The second-order valence-corrected chi connectivity index (χ2v) is 5.56. The van der Waals surface area contributed by atoms with E-state index in [2.05, 4.69) is 15.2 Å². The molecule has 0 bridgehead atoms. The standard InChI is InChI=1S/C15H18N6O2/c1-19-6-8-20(9-7-19)15(16)18-14-11-4-2-3-5-12(11)17-10-13(14)21(22)23/h2-5,10H,6-9H2,1H3,(H2,16,17,18). The van der Waals surface area contributed by atoms with E-state index in [1.165, 1.54) is 6.20 Å². The van der Waals surface area contributed by atoms with Gasteiger partial charge in [-0.15, -0.1) is 0 Å². The van der Waals surface area contributed by atoms with Gasteiger partial charge in [-0.1, -0.05) is 18.2 Å². The van der Waals surface area contributed by atoms with Gasteiger partial charge in [-0.2, -0.15) is 0 Å². The largest absolute Gasteiger partial charge is 0.340 e. The van der Waals surface area contributed by atoms with Gasteiger partial charge in [0.1, 0.15) is 11.9 Å². The summed E-state index contributed by atoms with van der Waals surface area (Å²) in [6, 6.07) is 7.20. The Balaban J connectivity index is 1.93. The summed E-state index contributed by atoms with van der Waals surface area (Å²) in [4.78, 5) is 19.0. The van der Waals surface area contributed by atoms with E-state index in [1.54, 1.807) is 18.2 Å². The minimum absolute atomic E-state index is 0.123. The maximum absolute atomic E-state index is 11.3. The van der Waals surface area contributed by atoms with E-state index in [1.807, 2.05) is 18.0 Å². The number of para-hydroxylation sites is 1. The molecule has 1 aliphatic heterocycles. The molecular weight excluding hydrogens is 296 g/mol. The van der Waals surface area contributed by atoms with Gasteiger partial charge in [0.05, 0.1) is 10.4 Å². The molecule has 2 N–H and O–H groups in total. The molecule has 1 aromatic carbocycles. The van der Waals surface area contributed by atoms with Gasteiger partial charge >= 0.3 is 5.69 Å². The third-order valence-corrected chi connectivity index (χ3v) is 4.02. The summed E-state index contributed by atoms with van der Waals surface area (Å²) in [5.74, 6) is 0.178. The molecule has 8 heteroatoms. The van der Waals surface area contributed by atoms with Crippen molar-refractivity contribution in [2.24, 2.45) is 0 Å². The molecule has 2 heterocycles. The number of guanidine groups is 1. The van der Waals surface area contributed by atoms with Crippen LogP contribution in [0.5, 0.6) is 0 Å². The summed E-state index contributed by atoms with van der Waals surface area (Å²) >= 11 is 0. The second-order valence-electron chi connectivity index (χ2n) is 5.56. The molecule has 0 saturated carbocycles. The molecule has 2 aromatic rings. The van der Waals surface area contributed by atoms with Gasteiger partial charge in [-0.25, -0.2) is 4.98 Å². The first kappa shape index (κ1) is 15.2. The van der Waals surface area contributed by atoms with Crippen LogP contribution in [0.1, 0.15) is 0 Å². The monoisotopic (exact) mass is 314 g/mol. The van der Waals surface area contributed by atoms with Crippen molar-refractivity contribution in [3.8, 4) is 0 Å². The van der Waals surface area contributed by atoms with Crippen LogP contribution in [0.25, 0.3) is 10.9 Å². The van der Waals surface area contributed by atoms with E-state index < -0.39 is 4.92 Å². The first-order valence-corrected chi connectivity index (χ1v) is 7.37. The van der Waals surface area contributed by atoms with Crippen LogP contribution in [0.2, 0.25) is 0 Å². The SMILES string of the molecule is CN1CCN(C(=N)Nc2c([N+](=O)[O-])cnc3ccccc23)CC1. The number of piperazine rings is 1. The van der Waals surface area contributed by atoms with Crippen molar-refractivity contribution in [3.05, 3.63) is 40.6 Å². The van der Waals surface area contributed by atoms with Gasteiger partial charge in [0.25, 0.3) is 0 Å². The van der Waals surface area contributed by atoms with Crippen molar-refractivity contribution < 1.29 is 4.92 Å². The lowest BCUT2D eigenvalue weighted by Crippen LogP contribution is -2.49. The number of pyridine rings is 1. The Morgan fingerprint density at radius 2 is 2.00 bits per heavy atom. The lowest BCUT2D eigenvalue weighted by Gasteiger charge is -2.34. The van der Waals surface area contributed by atoms with E-state index in [-0.39, 0.29) is 11.6 Å². The van der Waals surface area contributed by atoms with Crippen LogP contribution < -0.4 is 5.32 Å². The molecule has 23 heavy (non-hydrogen) atoms. The molecule has 120 valence electrons. The van der Waals surface area contributed by atoms with Crippen molar-refractivity contribution in [1.29, 1.82) is 5.41 Å². The third-order valence-electron chi connectivity index (χ3n) is 4.02. The number of aromatic nitrogens is 1. The topological polar surface area (TPSA) is 98.4 Å². The number of benzene rings is 1. The van der Waals surface area contributed by atoms with Gasteiger partial charge in [0.2, 0.25) is 0 Å². The predicted molar refractivity (Wildman–Crippen MR) is 88.8 cm³/mol. The first-order chi connectivity index (χ1) is 11.1. The zero-order valence-electron chi connectivity index (χ0n) is 12.8. The molecule has 0 atom stereocenters. The van der Waals surface area contributed by atoms with Crippen LogP contribution in [0.3, 0.4) is 0 Å². The summed E-state index contributed by atoms with van der Waals surface area (Å²) in [5.41, 5.74) is 0.860. The molecule has 0 aliphatic carbocycles. The molecule has 0 radical (unpaired) electrons.